The van der Waals surface area contributed by atoms with E-state index in [2.05, 4.69) is 15.0 Å². The van der Waals surface area contributed by atoms with Crippen LogP contribution in [0.4, 0.5) is 10.6 Å². The van der Waals surface area contributed by atoms with Crippen LogP contribution in [0, 0.1) is 0 Å². The molecule has 0 spiro atoms. The molecule has 1 fully saturated rings. The van der Waals surface area contributed by atoms with Crippen molar-refractivity contribution < 1.29 is 19.4 Å². The van der Waals surface area contributed by atoms with Crippen molar-refractivity contribution in [2.24, 2.45) is 4.99 Å². The highest BCUT2D eigenvalue weighted by molar-refractivity contribution is 5.95. The molecular formula is C16H23N5O4. The first-order valence-electron chi connectivity index (χ1n) is 8.34. The van der Waals surface area contributed by atoms with Crippen LogP contribution >= 0.6 is 0 Å². The molecule has 3 heterocycles. The van der Waals surface area contributed by atoms with E-state index in [-0.39, 0.29) is 11.7 Å². The van der Waals surface area contributed by atoms with Gasteiger partial charge < -0.3 is 19.6 Å². The zero-order valence-electron chi connectivity index (χ0n) is 14.7. The number of nitrogens with zero attached hydrogens (tertiary/aromatic N) is 5. The van der Waals surface area contributed by atoms with Gasteiger partial charge in [0, 0.05) is 32.6 Å². The Morgan fingerprint density at radius 2 is 1.84 bits per heavy atom. The van der Waals surface area contributed by atoms with Crippen molar-refractivity contribution in [1.29, 1.82) is 0 Å². The summed E-state index contributed by atoms with van der Waals surface area (Å²) in [5.74, 6) is 0.212. The second kappa shape index (κ2) is 6.38. The number of piperazine rings is 1. The standard InChI is InChI=1S/C16H23N5O4/c1-16(2,3)25-15(24)20-8-6-19(7-9-20)12-4-5-21-13(18-12)11(10-17-21)14(22)23/h10H,4-9H2,1-3H3,(H,22,23). The Labute approximate surface area is 145 Å². The topological polar surface area (TPSA) is 100 Å². The molecule has 9 heteroatoms. The van der Waals surface area contributed by atoms with Crippen molar-refractivity contribution in [2.45, 2.75) is 39.3 Å². The number of aromatic nitrogens is 2. The molecule has 0 unspecified atom stereocenters. The molecule has 0 aromatic carbocycles. The minimum atomic E-state index is -1.03. The molecule has 0 radical (unpaired) electrons. The molecule has 1 aromatic rings. The first kappa shape index (κ1) is 17.2. The van der Waals surface area contributed by atoms with Crippen molar-refractivity contribution >= 4 is 23.7 Å². The minimum absolute atomic E-state index is 0.115. The van der Waals surface area contributed by atoms with Crippen LogP contribution < -0.4 is 0 Å². The lowest BCUT2D eigenvalue weighted by molar-refractivity contribution is 0.0185. The summed E-state index contributed by atoms with van der Waals surface area (Å²) < 4.78 is 7.01. The summed E-state index contributed by atoms with van der Waals surface area (Å²) >= 11 is 0. The summed E-state index contributed by atoms with van der Waals surface area (Å²) in [6.07, 6.45) is 1.73. The lowest BCUT2D eigenvalue weighted by Crippen LogP contribution is -2.52. The van der Waals surface area contributed by atoms with Crippen LogP contribution in [-0.4, -0.2) is 74.4 Å². The molecule has 0 aliphatic carbocycles. The molecule has 2 aliphatic heterocycles. The first-order valence-corrected chi connectivity index (χ1v) is 8.34. The molecule has 0 saturated carbocycles. The number of ether oxygens (including phenoxy) is 1. The molecule has 0 atom stereocenters. The van der Waals surface area contributed by atoms with E-state index in [1.165, 1.54) is 6.20 Å². The average Bonchev–Trinajstić information content (AvgIpc) is 2.96. The third kappa shape index (κ3) is 3.75. The Hall–Kier alpha value is -2.58. The highest BCUT2D eigenvalue weighted by Crippen LogP contribution is 2.25. The molecule has 2 aliphatic rings. The molecule has 1 aromatic heterocycles. The monoisotopic (exact) mass is 349 g/mol. The number of carboxylic acids is 1. The summed E-state index contributed by atoms with van der Waals surface area (Å²) in [7, 11) is 0. The van der Waals surface area contributed by atoms with E-state index < -0.39 is 11.6 Å². The molecule has 25 heavy (non-hydrogen) atoms. The Morgan fingerprint density at radius 3 is 2.44 bits per heavy atom. The van der Waals surface area contributed by atoms with E-state index in [0.717, 1.165) is 5.84 Å². The normalized spacial score (nSPS) is 17.8. The average molecular weight is 349 g/mol. The Bertz CT molecular complexity index is 711. The number of carbonyl (C=O) groups is 2. The molecule has 136 valence electrons. The zero-order valence-corrected chi connectivity index (χ0v) is 14.7. The largest absolute Gasteiger partial charge is 0.477 e. The number of hydrogen-bond acceptors (Lipinski definition) is 6. The quantitative estimate of drug-likeness (QED) is 0.826. The number of aliphatic imine (C=N–C) groups is 1. The van der Waals surface area contributed by atoms with E-state index in [4.69, 9.17) is 4.74 Å². The molecule has 0 bridgehead atoms. The third-order valence-corrected chi connectivity index (χ3v) is 4.12. The van der Waals surface area contributed by atoms with Crippen LogP contribution in [0.5, 0.6) is 0 Å². The maximum Gasteiger partial charge on any atom is 0.410 e. The Kier molecular flexibility index (Phi) is 4.40. The lowest BCUT2D eigenvalue weighted by atomic mass is 10.2. The number of hydrogen-bond donors (Lipinski definition) is 1. The fraction of sp³-hybridized carbons (Fsp3) is 0.625. The summed E-state index contributed by atoms with van der Waals surface area (Å²) in [5.41, 5.74) is -0.391. The number of rotatable bonds is 1. The molecular weight excluding hydrogens is 326 g/mol. The SMILES string of the molecule is CC(C)(C)OC(=O)N1CCN(C2=Nc3c(C(=O)O)cnn3CC2)CC1. The predicted octanol–water partition coefficient (Wildman–Crippen LogP) is 1.57. The van der Waals surface area contributed by atoms with Crippen LogP contribution in [0.1, 0.15) is 37.6 Å². The third-order valence-electron chi connectivity index (χ3n) is 4.12. The summed E-state index contributed by atoms with van der Waals surface area (Å²) in [4.78, 5) is 31.7. The highest BCUT2D eigenvalue weighted by Gasteiger charge is 2.29. The number of fused-ring (bicyclic) bond motifs is 1. The van der Waals surface area contributed by atoms with E-state index in [9.17, 15) is 14.7 Å². The van der Waals surface area contributed by atoms with Gasteiger partial charge in [-0.1, -0.05) is 0 Å². The first-order chi connectivity index (χ1) is 11.7. The number of amidine groups is 1. The highest BCUT2D eigenvalue weighted by atomic mass is 16.6. The number of carbonyl (C=O) groups excluding carboxylic acids is 1. The zero-order chi connectivity index (χ0) is 18.2. The van der Waals surface area contributed by atoms with Gasteiger partial charge in [0.25, 0.3) is 0 Å². The van der Waals surface area contributed by atoms with Gasteiger partial charge in [0.15, 0.2) is 5.82 Å². The van der Waals surface area contributed by atoms with E-state index >= 15 is 0 Å². The molecule has 1 N–H and O–H groups in total. The minimum Gasteiger partial charge on any atom is -0.477 e. The van der Waals surface area contributed by atoms with Crippen LogP contribution in [-0.2, 0) is 11.3 Å². The van der Waals surface area contributed by atoms with Gasteiger partial charge in [0.1, 0.15) is 17.0 Å². The van der Waals surface area contributed by atoms with E-state index in [0.29, 0.717) is 45.0 Å². The van der Waals surface area contributed by atoms with Gasteiger partial charge in [-0.3, -0.25) is 0 Å². The van der Waals surface area contributed by atoms with Crippen LogP contribution in [0.15, 0.2) is 11.2 Å². The fourth-order valence-electron chi connectivity index (χ4n) is 2.90. The summed E-state index contributed by atoms with van der Waals surface area (Å²) in [6.45, 7) is 8.55. The predicted molar refractivity (Wildman–Crippen MR) is 90.3 cm³/mol. The fourth-order valence-corrected chi connectivity index (χ4v) is 2.90. The van der Waals surface area contributed by atoms with Crippen molar-refractivity contribution in [2.75, 3.05) is 26.2 Å². The lowest BCUT2D eigenvalue weighted by Gasteiger charge is -2.37. The van der Waals surface area contributed by atoms with Crippen molar-refractivity contribution in [1.82, 2.24) is 19.6 Å². The van der Waals surface area contributed by atoms with Crippen LogP contribution in [0.3, 0.4) is 0 Å². The van der Waals surface area contributed by atoms with Gasteiger partial charge in [-0.2, -0.15) is 5.10 Å². The van der Waals surface area contributed by atoms with Crippen molar-refractivity contribution in [3.8, 4) is 0 Å². The molecule has 1 amide bonds. The van der Waals surface area contributed by atoms with Crippen molar-refractivity contribution in [3.05, 3.63) is 11.8 Å². The van der Waals surface area contributed by atoms with Gasteiger partial charge in [-0.25, -0.2) is 19.3 Å². The number of aryl methyl sites for hydroxylation is 1. The number of amides is 1. The van der Waals surface area contributed by atoms with Crippen LogP contribution in [0.2, 0.25) is 0 Å². The van der Waals surface area contributed by atoms with Crippen molar-refractivity contribution in [3.63, 3.8) is 0 Å². The molecule has 9 nitrogen and oxygen atoms in total. The Balaban J connectivity index is 1.65. The van der Waals surface area contributed by atoms with E-state index in [1.54, 1.807) is 9.58 Å². The second-order valence-electron chi connectivity index (χ2n) is 7.14. The maximum absolute atomic E-state index is 12.1. The maximum atomic E-state index is 12.1. The molecule has 3 rings (SSSR count). The van der Waals surface area contributed by atoms with Crippen LogP contribution in [0.25, 0.3) is 0 Å². The smallest absolute Gasteiger partial charge is 0.410 e. The van der Waals surface area contributed by atoms with Gasteiger partial charge in [-0.05, 0) is 20.8 Å². The van der Waals surface area contributed by atoms with E-state index in [1.807, 2.05) is 20.8 Å². The van der Waals surface area contributed by atoms with Gasteiger partial charge >= 0.3 is 12.1 Å². The van der Waals surface area contributed by atoms with Gasteiger partial charge in [0.2, 0.25) is 0 Å². The summed E-state index contributed by atoms with van der Waals surface area (Å²) in [5, 5.41) is 13.3. The molecule has 1 saturated heterocycles. The second-order valence-corrected chi connectivity index (χ2v) is 7.14. The Morgan fingerprint density at radius 1 is 1.16 bits per heavy atom. The summed E-state index contributed by atoms with van der Waals surface area (Å²) in [6, 6.07) is 0. The van der Waals surface area contributed by atoms with Gasteiger partial charge in [-0.15, -0.1) is 0 Å². The van der Waals surface area contributed by atoms with Gasteiger partial charge in [0.05, 0.1) is 12.7 Å². The number of carboxylic acid groups (broad SMARTS) is 1. The number of aromatic carboxylic acids is 1.